The van der Waals surface area contributed by atoms with Crippen molar-refractivity contribution < 1.29 is 60.0 Å². The van der Waals surface area contributed by atoms with Gasteiger partial charge in [-0.25, -0.2) is 9.48 Å². The Morgan fingerprint density at radius 2 is 2.14 bits per heavy atom. The van der Waals surface area contributed by atoms with Crippen LogP contribution in [-0.2, 0) is 30.5 Å². The third-order valence-electron chi connectivity index (χ3n) is 4.75. The number of carboxylic acids is 1. The number of carbonyl (C=O) groups excluding carboxylic acids is 3. The Hall–Kier alpha value is -2.16. The summed E-state index contributed by atoms with van der Waals surface area (Å²) < 4.78 is 7.03. The van der Waals surface area contributed by atoms with Crippen LogP contribution in [0.25, 0.3) is 0 Å². The Labute approximate surface area is 191 Å². The normalized spacial score (nSPS) is 24.4. The van der Waals surface area contributed by atoms with Crippen LogP contribution < -0.4 is 35.3 Å². The molecule has 3 amide bonds. The van der Waals surface area contributed by atoms with E-state index in [0.29, 0.717) is 0 Å². The SMILES string of the molecule is CC(=O)N1C[C@H]2OC(CSc3nnnn3CC(N)=O)=C(C(=O)O)N3C(=O)[C@@H]1[C@@H]23.[H-].[Na+]. The molecule has 4 heterocycles. The number of nitrogens with two attached hydrogens (primary N) is 1. The van der Waals surface area contributed by atoms with Crippen molar-refractivity contribution in [1.82, 2.24) is 30.0 Å². The number of tetrazole rings is 1. The van der Waals surface area contributed by atoms with Crippen LogP contribution in [-0.4, -0.2) is 89.3 Å². The van der Waals surface area contributed by atoms with Crippen molar-refractivity contribution in [3.05, 3.63) is 11.5 Å². The van der Waals surface area contributed by atoms with Gasteiger partial charge in [-0.2, -0.15) is 0 Å². The van der Waals surface area contributed by atoms with Gasteiger partial charge in [-0.15, -0.1) is 5.10 Å². The number of ether oxygens (including phenoxy) is 1. The molecule has 4 rings (SSSR count). The van der Waals surface area contributed by atoms with Crippen LogP contribution >= 0.6 is 11.8 Å². The van der Waals surface area contributed by atoms with Gasteiger partial charge < -0.3 is 21.9 Å². The minimum absolute atomic E-state index is 0. The smallest absolute Gasteiger partial charge is 1.00 e. The molecule has 13 nitrogen and oxygen atoms in total. The third kappa shape index (κ3) is 3.49. The van der Waals surface area contributed by atoms with Gasteiger partial charge in [0.05, 0.1) is 12.3 Å². The molecule has 0 bridgehead atoms. The van der Waals surface area contributed by atoms with Crippen LogP contribution in [0.1, 0.15) is 8.35 Å². The second-order valence-electron chi connectivity index (χ2n) is 6.42. The van der Waals surface area contributed by atoms with E-state index in [1.807, 2.05) is 0 Å². The molecule has 2 saturated heterocycles. The van der Waals surface area contributed by atoms with Crippen LogP contribution in [0.3, 0.4) is 0 Å². The van der Waals surface area contributed by atoms with Crippen LogP contribution in [0, 0.1) is 0 Å². The maximum atomic E-state index is 12.5. The Morgan fingerprint density at radius 1 is 1.41 bits per heavy atom. The van der Waals surface area contributed by atoms with Crippen molar-refractivity contribution >= 4 is 35.5 Å². The van der Waals surface area contributed by atoms with E-state index in [2.05, 4.69) is 15.5 Å². The van der Waals surface area contributed by atoms with Crippen molar-refractivity contribution in [2.24, 2.45) is 5.73 Å². The van der Waals surface area contributed by atoms with E-state index in [4.69, 9.17) is 10.5 Å². The monoisotopic (exact) mass is 433 g/mol. The van der Waals surface area contributed by atoms with Gasteiger partial charge in [-0.1, -0.05) is 11.8 Å². The zero-order chi connectivity index (χ0) is 20.2. The second-order valence-corrected chi connectivity index (χ2v) is 7.36. The molecule has 1 aromatic heterocycles. The van der Waals surface area contributed by atoms with Gasteiger partial charge >= 0.3 is 35.5 Å². The Morgan fingerprint density at radius 3 is 2.76 bits per heavy atom. The van der Waals surface area contributed by atoms with E-state index in [1.54, 1.807) is 0 Å². The fourth-order valence-electron chi connectivity index (χ4n) is 3.66. The predicted molar refractivity (Wildman–Crippen MR) is 90.2 cm³/mol. The van der Waals surface area contributed by atoms with Crippen molar-refractivity contribution in [2.75, 3.05) is 12.3 Å². The minimum Gasteiger partial charge on any atom is -1.00 e. The molecule has 0 aromatic carbocycles. The molecule has 15 heteroatoms. The first-order valence-corrected chi connectivity index (χ1v) is 9.18. The fourth-order valence-corrected chi connectivity index (χ4v) is 4.47. The van der Waals surface area contributed by atoms with E-state index in [9.17, 15) is 24.3 Å². The number of carboxylic acid groups (broad SMARTS) is 1. The Bertz CT molecular complexity index is 942. The molecule has 3 N–H and O–H groups in total. The summed E-state index contributed by atoms with van der Waals surface area (Å²) >= 11 is 1.04. The average molecular weight is 433 g/mol. The van der Waals surface area contributed by atoms with Gasteiger partial charge in [-0.05, 0) is 10.4 Å². The summed E-state index contributed by atoms with van der Waals surface area (Å²) in [6, 6.07) is -1.19. The second kappa shape index (κ2) is 7.93. The summed E-state index contributed by atoms with van der Waals surface area (Å²) in [5, 5.41) is 20.7. The summed E-state index contributed by atoms with van der Waals surface area (Å²) in [4.78, 5) is 49.7. The minimum atomic E-state index is -1.31. The number of hydrogen-bond donors (Lipinski definition) is 2. The molecule has 3 aliphatic rings. The van der Waals surface area contributed by atoms with E-state index in [-0.39, 0.29) is 72.3 Å². The van der Waals surface area contributed by atoms with E-state index in [0.717, 1.165) is 11.8 Å². The van der Waals surface area contributed by atoms with Crippen molar-refractivity contribution in [3.63, 3.8) is 0 Å². The van der Waals surface area contributed by atoms with Crippen LogP contribution in [0.2, 0.25) is 0 Å². The number of hydrogen-bond acceptors (Lipinski definition) is 9. The number of likely N-dealkylation sites (tertiary alicyclic amines) is 1. The maximum Gasteiger partial charge on any atom is 1.00 e. The molecule has 2 fully saturated rings. The number of aromatic nitrogens is 4. The molecule has 29 heavy (non-hydrogen) atoms. The van der Waals surface area contributed by atoms with Gasteiger partial charge in [-0.3, -0.25) is 19.3 Å². The largest absolute Gasteiger partial charge is 1.00 e. The van der Waals surface area contributed by atoms with Gasteiger partial charge in [0.15, 0.2) is 5.70 Å². The number of nitrogens with zero attached hydrogens (tertiary/aromatic N) is 6. The van der Waals surface area contributed by atoms with Gasteiger partial charge in [0.25, 0.3) is 5.91 Å². The van der Waals surface area contributed by atoms with E-state index >= 15 is 0 Å². The van der Waals surface area contributed by atoms with Gasteiger partial charge in [0, 0.05) is 6.92 Å². The van der Waals surface area contributed by atoms with Gasteiger partial charge in [0.1, 0.15) is 30.5 Å². The topological polar surface area (TPSA) is 174 Å². The molecular formula is C14H16N7NaO6S. The standard InChI is InChI=1S/C14H15N7O6S.Na.H/c1-5(22)19-2-6-9-11(19)12(24)21(9)10(13(25)26)7(27-6)4-28-14-16-17-18-20(14)3-8(15)23;;/h6,9,11H,2-4H2,1H3,(H2,15,23)(H,25,26);;/q;+1;-1/t6-,9-,11+;;/m1../s1. The zero-order valence-corrected chi connectivity index (χ0v) is 18.3. The summed E-state index contributed by atoms with van der Waals surface area (Å²) in [5.74, 6) is -2.57. The van der Waals surface area contributed by atoms with Crippen molar-refractivity contribution in [1.29, 1.82) is 0 Å². The number of carbonyl (C=O) groups is 4. The summed E-state index contributed by atoms with van der Waals surface area (Å²) in [6.07, 6.45) is -0.507. The maximum absolute atomic E-state index is 12.5. The number of thioether (sulfide) groups is 1. The van der Waals surface area contributed by atoms with Gasteiger partial charge in [0.2, 0.25) is 17.0 Å². The van der Waals surface area contributed by atoms with Crippen molar-refractivity contribution in [3.8, 4) is 0 Å². The number of β-lactam (4-membered cyclic amide) rings is 1. The molecule has 0 radical (unpaired) electrons. The van der Waals surface area contributed by atoms with E-state index < -0.39 is 36.0 Å². The molecule has 150 valence electrons. The third-order valence-corrected chi connectivity index (χ3v) is 5.71. The molecule has 0 unspecified atom stereocenters. The quantitative estimate of drug-likeness (QED) is 0.250. The molecule has 3 atom stereocenters. The van der Waals surface area contributed by atoms with Crippen molar-refractivity contribution in [2.45, 2.75) is 36.8 Å². The number of amides is 3. The Balaban J connectivity index is 0.00000160. The first-order chi connectivity index (χ1) is 13.3. The number of rotatable bonds is 6. The zero-order valence-electron chi connectivity index (χ0n) is 16.5. The molecule has 1 aromatic rings. The average Bonchev–Trinajstić information content (AvgIpc) is 3.20. The summed E-state index contributed by atoms with van der Waals surface area (Å²) in [5.41, 5.74) is 4.88. The first kappa shape index (κ1) is 21.5. The summed E-state index contributed by atoms with van der Waals surface area (Å²) in [7, 11) is 0. The number of primary amides is 1. The molecule has 3 aliphatic heterocycles. The van der Waals surface area contributed by atoms with Crippen LogP contribution in [0.4, 0.5) is 0 Å². The molecule has 0 saturated carbocycles. The number of aliphatic carboxylic acids is 1. The van der Waals surface area contributed by atoms with Crippen LogP contribution in [0.15, 0.2) is 16.6 Å². The molecule has 0 spiro atoms. The molecular weight excluding hydrogens is 417 g/mol. The van der Waals surface area contributed by atoms with E-state index in [1.165, 1.54) is 21.4 Å². The molecule has 0 aliphatic carbocycles. The predicted octanol–water partition coefficient (Wildman–Crippen LogP) is -5.50. The Kier molecular flexibility index (Phi) is 5.89. The fraction of sp³-hybridized carbons (Fsp3) is 0.500. The summed E-state index contributed by atoms with van der Waals surface area (Å²) in [6.45, 7) is 1.33. The van der Waals surface area contributed by atoms with Crippen LogP contribution in [0.5, 0.6) is 0 Å². The first-order valence-electron chi connectivity index (χ1n) is 8.20.